The number of methoxy groups -OCH3 is 3. The number of esters is 2. The first-order valence-electron chi connectivity index (χ1n) is 6.14. The van der Waals surface area contributed by atoms with E-state index in [1.807, 2.05) is 0 Å². The Morgan fingerprint density at radius 1 is 1.09 bits per heavy atom. The molecule has 1 aromatic carbocycles. The summed E-state index contributed by atoms with van der Waals surface area (Å²) in [7, 11) is 3.81. The van der Waals surface area contributed by atoms with Gasteiger partial charge in [-0.2, -0.15) is 5.11 Å². The number of hydrogen-bond acceptors (Lipinski definition) is 8. The highest BCUT2D eigenvalue weighted by molar-refractivity contribution is 5.89. The quantitative estimate of drug-likeness (QED) is 0.374. The molecular formula is C14H16N2O6. The van der Waals surface area contributed by atoms with Gasteiger partial charge in [0.25, 0.3) is 0 Å². The van der Waals surface area contributed by atoms with Crippen LogP contribution in [0.25, 0.3) is 0 Å². The number of aliphatic hydroxyl groups is 1. The van der Waals surface area contributed by atoms with Gasteiger partial charge in [0.15, 0.2) is 0 Å². The molecule has 0 spiro atoms. The van der Waals surface area contributed by atoms with E-state index in [-0.39, 0.29) is 0 Å². The Balaban J connectivity index is 3.01. The van der Waals surface area contributed by atoms with E-state index >= 15 is 0 Å². The first kappa shape index (κ1) is 17.2. The number of aliphatic hydroxyl groups excluding tert-OH is 1. The Bertz CT molecular complexity index is 592. The molecule has 8 heteroatoms. The molecule has 0 bridgehead atoms. The van der Waals surface area contributed by atoms with Crippen LogP contribution >= 0.6 is 0 Å². The topological polar surface area (TPSA) is 107 Å². The van der Waals surface area contributed by atoms with E-state index < -0.39 is 29.8 Å². The maximum atomic E-state index is 11.6. The van der Waals surface area contributed by atoms with E-state index in [1.165, 1.54) is 7.11 Å². The molecule has 8 nitrogen and oxygen atoms in total. The lowest BCUT2D eigenvalue weighted by molar-refractivity contribution is -0.140. The van der Waals surface area contributed by atoms with Crippen LogP contribution in [0, 0.1) is 0 Å². The third-order valence-electron chi connectivity index (χ3n) is 2.53. The van der Waals surface area contributed by atoms with Crippen molar-refractivity contribution in [1.82, 2.24) is 0 Å². The maximum absolute atomic E-state index is 11.6. The lowest BCUT2D eigenvalue weighted by Gasteiger charge is -2.03. The van der Waals surface area contributed by atoms with Crippen molar-refractivity contribution >= 4 is 17.6 Å². The average molecular weight is 308 g/mol. The molecule has 0 amide bonds. The van der Waals surface area contributed by atoms with Gasteiger partial charge in [-0.25, -0.2) is 4.79 Å². The minimum absolute atomic E-state index is 0.424. The second-order valence-corrected chi connectivity index (χ2v) is 3.94. The predicted octanol–water partition coefficient (Wildman–Crippen LogP) is 2.28. The normalized spacial score (nSPS) is 11.8. The van der Waals surface area contributed by atoms with Gasteiger partial charge < -0.3 is 19.3 Å². The van der Waals surface area contributed by atoms with E-state index in [4.69, 9.17) is 4.74 Å². The van der Waals surface area contributed by atoms with Gasteiger partial charge in [-0.05, 0) is 24.3 Å². The molecule has 1 N–H and O–H groups in total. The van der Waals surface area contributed by atoms with E-state index in [1.54, 1.807) is 24.3 Å². The fourth-order valence-electron chi connectivity index (χ4n) is 1.36. The molecule has 0 radical (unpaired) electrons. The monoisotopic (exact) mass is 308 g/mol. The number of hydrogen-bond donors (Lipinski definition) is 1. The highest BCUT2D eigenvalue weighted by Crippen LogP contribution is 2.20. The van der Waals surface area contributed by atoms with Gasteiger partial charge in [0.1, 0.15) is 17.9 Å². The summed E-state index contributed by atoms with van der Waals surface area (Å²) in [6.07, 6.45) is -0.511. The van der Waals surface area contributed by atoms with Crippen molar-refractivity contribution in [3.63, 3.8) is 0 Å². The van der Waals surface area contributed by atoms with Crippen molar-refractivity contribution in [2.75, 3.05) is 21.3 Å². The maximum Gasteiger partial charge on any atom is 0.362 e. The third-order valence-corrected chi connectivity index (χ3v) is 2.53. The molecule has 0 aliphatic rings. The van der Waals surface area contributed by atoms with Crippen molar-refractivity contribution in [2.45, 2.75) is 6.42 Å². The van der Waals surface area contributed by atoms with Crippen LogP contribution in [0.3, 0.4) is 0 Å². The van der Waals surface area contributed by atoms with E-state index in [0.717, 1.165) is 14.2 Å². The largest absolute Gasteiger partial charge is 0.509 e. The number of benzene rings is 1. The zero-order chi connectivity index (χ0) is 16.5. The molecule has 0 aliphatic carbocycles. The van der Waals surface area contributed by atoms with Crippen molar-refractivity contribution in [3.05, 3.63) is 35.7 Å². The van der Waals surface area contributed by atoms with E-state index in [2.05, 4.69) is 19.7 Å². The Hall–Kier alpha value is -2.90. The van der Waals surface area contributed by atoms with Crippen molar-refractivity contribution < 1.29 is 28.9 Å². The van der Waals surface area contributed by atoms with Gasteiger partial charge in [0, 0.05) is 0 Å². The first-order valence-corrected chi connectivity index (χ1v) is 6.14. The zero-order valence-corrected chi connectivity index (χ0v) is 12.4. The summed E-state index contributed by atoms with van der Waals surface area (Å²) < 4.78 is 13.9. The van der Waals surface area contributed by atoms with Crippen LogP contribution in [0.1, 0.15) is 6.42 Å². The molecule has 22 heavy (non-hydrogen) atoms. The van der Waals surface area contributed by atoms with Gasteiger partial charge in [-0.3, -0.25) is 4.79 Å². The lowest BCUT2D eigenvalue weighted by Crippen LogP contribution is -2.09. The number of rotatable bonds is 6. The number of azo groups is 1. The summed E-state index contributed by atoms with van der Waals surface area (Å²) in [5.41, 5.74) is -0.0446. The van der Waals surface area contributed by atoms with Crippen LogP contribution in [0.2, 0.25) is 0 Å². The van der Waals surface area contributed by atoms with E-state index in [0.29, 0.717) is 11.4 Å². The molecule has 0 aromatic heterocycles. The van der Waals surface area contributed by atoms with E-state index in [9.17, 15) is 14.7 Å². The second-order valence-electron chi connectivity index (χ2n) is 3.94. The van der Waals surface area contributed by atoms with Gasteiger partial charge >= 0.3 is 11.9 Å². The minimum atomic E-state index is -0.918. The summed E-state index contributed by atoms with van der Waals surface area (Å²) in [5.74, 6) is -1.59. The van der Waals surface area contributed by atoms with Crippen LogP contribution in [-0.2, 0) is 19.1 Å². The van der Waals surface area contributed by atoms with Gasteiger partial charge in [0.05, 0.1) is 27.0 Å². The number of ether oxygens (including phenoxy) is 3. The number of carbonyl (C=O) groups excluding carboxylic acids is 2. The lowest BCUT2D eigenvalue weighted by atomic mass is 10.3. The smallest absolute Gasteiger partial charge is 0.362 e. The fraction of sp³-hybridized carbons (Fsp3) is 0.286. The molecule has 1 rings (SSSR count). The molecule has 0 saturated heterocycles. The van der Waals surface area contributed by atoms with Gasteiger partial charge in [0.2, 0.25) is 5.70 Å². The van der Waals surface area contributed by atoms with Gasteiger partial charge in [-0.1, -0.05) is 0 Å². The third kappa shape index (κ3) is 4.89. The van der Waals surface area contributed by atoms with Crippen molar-refractivity contribution in [3.8, 4) is 5.75 Å². The Kier molecular flexibility index (Phi) is 6.55. The molecule has 0 heterocycles. The summed E-state index contributed by atoms with van der Waals surface area (Å²) in [4.78, 5) is 22.7. The molecule has 1 aromatic rings. The minimum Gasteiger partial charge on any atom is -0.509 e. The Morgan fingerprint density at radius 3 is 2.23 bits per heavy atom. The van der Waals surface area contributed by atoms with Crippen LogP contribution in [0.15, 0.2) is 46.0 Å². The average Bonchev–Trinajstić information content (AvgIpc) is 2.55. The molecule has 0 fully saturated rings. The van der Waals surface area contributed by atoms with Crippen LogP contribution < -0.4 is 4.74 Å². The first-order chi connectivity index (χ1) is 10.5. The Labute approximate surface area is 127 Å². The summed E-state index contributed by atoms with van der Waals surface area (Å²) >= 11 is 0. The molecule has 0 unspecified atom stereocenters. The van der Waals surface area contributed by atoms with Crippen LogP contribution in [0.4, 0.5) is 5.69 Å². The standard InChI is InChI=1S/C14H16N2O6/c1-20-10-6-4-9(5-7-10)15-16-13(14(19)22-3)11(17)8-12(18)21-2/h4-7,17H,8H2,1-3H3/b13-11-,16-15?. The van der Waals surface area contributed by atoms with Crippen molar-refractivity contribution in [1.29, 1.82) is 0 Å². The van der Waals surface area contributed by atoms with Crippen LogP contribution in [0.5, 0.6) is 5.75 Å². The molecule has 0 aliphatic heterocycles. The molecular weight excluding hydrogens is 292 g/mol. The van der Waals surface area contributed by atoms with Crippen LogP contribution in [-0.4, -0.2) is 38.4 Å². The highest BCUT2D eigenvalue weighted by Gasteiger charge is 2.18. The number of carbonyl (C=O) groups is 2. The SMILES string of the molecule is COC(=O)C/C(O)=C(/N=Nc1ccc(OC)cc1)C(=O)OC. The molecule has 118 valence electrons. The van der Waals surface area contributed by atoms with Gasteiger partial charge in [-0.15, -0.1) is 5.11 Å². The predicted molar refractivity (Wildman–Crippen MR) is 75.8 cm³/mol. The summed E-state index contributed by atoms with van der Waals surface area (Å²) in [6.45, 7) is 0. The Morgan fingerprint density at radius 2 is 1.73 bits per heavy atom. The molecule has 0 saturated carbocycles. The zero-order valence-electron chi connectivity index (χ0n) is 12.4. The summed E-state index contributed by atoms with van der Waals surface area (Å²) in [6, 6.07) is 6.53. The summed E-state index contributed by atoms with van der Waals surface area (Å²) in [5, 5.41) is 17.2. The number of nitrogens with zero attached hydrogens (tertiary/aromatic N) is 2. The van der Waals surface area contributed by atoms with Crippen molar-refractivity contribution in [2.24, 2.45) is 10.2 Å². The fourth-order valence-corrected chi connectivity index (χ4v) is 1.36. The molecule has 0 atom stereocenters. The second kappa shape index (κ2) is 8.40. The highest BCUT2D eigenvalue weighted by atomic mass is 16.5.